The Morgan fingerprint density at radius 3 is 2.49 bits per heavy atom. The van der Waals surface area contributed by atoms with Crippen molar-refractivity contribution in [3.8, 4) is 5.75 Å². The fourth-order valence-electron chi connectivity index (χ4n) is 4.87. The summed E-state index contributed by atoms with van der Waals surface area (Å²) in [5, 5.41) is 3.47. The molecule has 0 bridgehead atoms. The number of epoxide rings is 1. The van der Waals surface area contributed by atoms with Crippen LogP contribution in [-0.4, -0.2) is 53.1 Å². The Balaban J connectivity index is 1.27. The maximum Gasteiger partial charge on any atom is 0.316 e. The first-order valence-electron chi connectivity index (χ1n) is 13.6. The highest BCUT2D eigenvalue weighted by Gasteiger charge is 2.49. The molecule has 2 aromatic carbocycles. The van der Waals surface area contributed by atoms with Crippen molar-refractivity contribution in [1.29, 1.82) is 0 Å². The lowest BCUT2D eigenvalue weighted by Gasteiger charge is -2.41. The summed E-state index contributed by atoms with van der Waals surface area (Å²) in [6.45, 7) is 12.3. The zero-order chi connectivity index (χ0) is 27.8. The summed E-state index contributed by atoms with van der Waals surface area (Å²) >= 11 is 0. The SMILES string of the molecule is CC(C)N1C=NC2C(OCc3ccc(OC(=O)C(C)(C)C)cc3)=NC(NC3OC3Cc3ccccc3)=CC21C. The van der Waals surface area contributed by atoms with Gasteiger partial charge in [-0.05, 0) is 70.9 Å². The monoisotopic (exact) mass is 530 g/mol. The Kier molecular flexibility index (Phi) is 7.25. The van der Waals surface area contributed by atoms with Gasteiger partial charge in [0.25, 0.3) is 0 Å². The van der Waals surface area contributed by atoms with E-state index in [1.165, 1.54) is 5.56 Å². The zero-order valence-electron chi connectivity index (χ0n) is 23.5. The summed E-state index contributed by atoms with van der Waals surface area (Å²) in [6.07, 6.45) is 4.89. The van der Waals surface area contributed by atoms with E-state index in [2.05, 4.69) is 49.2 Å². The van der Waals surface area contributed by atoms with E-state index in [-0.39, 0.29) is 30.4 Å². The van der Waals surface area contributed by atoms with Gasteiger partial charge in [0.05, 0.1) is 17.3 Å². The Morgan fingerprint density at radius 2 is 1.82 bits per heavy atom. The maximum atomic E-state index is 12.2. The van der Waals surface area contributed by atoms with E-state index in [4.69, 9.17) is 24.2 Å². The number of nitrogens with zero attached hydrogens (tertiary/aromatic N) is 3. The molecule has 2 aromatic rings. The second-order valence-electron chi connectivity index (χ2n) is 11.9. The lowest BCUT2D eigenvalue weighted by Crippen LogP contribution is -2.55. The predicted octanol–water partition coefficient (Wildman–Crippen LogP) is 4.85. The minimum absolute atomic E-state index is 0.0974. The molecule has 206 valence electrons. The van der Waals surface area contributed by atoms with Gasteiger partial charge in [0.1, 0.15) is 24.3 Å². The highest BCUT2D eigenvalue weighted by atomic mass is 16.6. The van der Waals surface area contributed by atoms with Gasteiger partial charge >= 0.3 is 5.97 Å². The maximum absolute atomic E-state index is 12.2. The molecule has 0 aromatic heterocycles. The molecule has 1 N–H and O–H groups in total. The normalized spacial score (nSPS) is 25.6. The topological polar surface area (TPSA) is 88.0 Å². The Hall–Kier alpha value is -3.65. The predicted molar refractivity (Wildman–Crippen MR) is 151 cm³/mol. The summed E-state index contributed by atoms with van der Waals surface area (Å²) in [4.78, 5) is 24.0. The number of aliphatic imine (C=N–C) groups is 2. The number of ether oxygens (including phenoxy) is 3. The first-order chi connectivity index (χ1) is 18.5. The van der Waals surface area contributed by atoms with E-state index < -0.39 is 11.0 Å². The number of carbonyl (C=O) groups is 1. The number of fused-ring (bicyclic) bond motifs is 1. The van der Waals surface area contributed by atoms with Crippen LogP contribution in [0.25, 0.3) is 0 Å². The molecule has 3 heterocycles. The van der Waals surface area contributed by atoms with E-state index in [0.717, 1.165) is 17.8 Å². The highest BCUT2D eigenvalue weighted by molar-refractivity contribution is 5.90. The standard InChI is InChI=1S/C31H38N4O4/c1-20(2)35-19-32-26-28(37-18-22-12-14-23(15-13-22)38-29(36)30(3,4)5)34-25(17-31(26,35)6)33-27-24(39-27)16-21-10-8-7-9-11-21/h7-15,17,19-20,24,26-27,33H,16,18H2,1-6H3. The molecule has 39 heavy (non-hydrogen) atoms. The Labute approximate surface area is 230 Å². The average Bonchev–Trinajstić information content (AvgIpc) is 3.49. The van der Waals surface area contributed by atoms with Crippen LogP contribution in [-0.2, 0) is 27.3 Å². The summed E-state index contributed by atoms with van der Waals surface area (Å²) in [6, 6.07) is 17.7. The summed E-state index contributed by atoms with van der Waals surface area (Å²) in [5.41, 5.74) is 1.21. The molecule has 0 amide bonds. The third-order valence-corrected chi connectivity index (χ3v) is 7.19. The van der Waals surface area contributed by atoms with Crippen LogP contribution in [0.15, 0.2) is 76.5 Å². The molecule has 0 aliphatic carbocycles. The van der Waals surface area contributed by atoms with Gasteiger partial charge < -0.3 is 24.4 Å². The van der Waals surface area contributed by atoms with Crippen LogP contribution in [0.2, 0.25) is 0 Å². The number of rotatable bonds is 8. The van der Waals surface area contributed by atoms with Crippen molar-refractivity contribution in [1.82, 2.24) is 10.2 Å². The van der Waals surface area contributed by atoms with Crippen molar-refractivity contribution in [2.45, 2.75) is 84.5 Å². The minimum Gasteiger partial charge on any atom is -0.474 e. The molecule has 1 fully saturated rings. The van der Waals surface area contributed by atoms with E-state index in [9.17, 15) is 4.79 Å². The van der Waals surface area contributed by atoms with Crippen LogP contribution in [0.1, 0.15) is 52.7 Å². The molecule has 0 spiro atoms. The number of hydrogen-bond donors (Lipinski definition) is 1. The molecule has 4 atom stereocenters. The van der Waals surface area contributed by atoms with Gasteiger partial charge in [0, 0.05) is 12.5 Å². The quantitative estimate of drug-likeness (QED) is 0.298. The van der Waals surface area contributed by atoms with Gasteiger partial charge in [-0.1, -0.05) is 42.5 Å². The molecule has 3 aliphatic rings. The van der Waals surface area contributed by atoms with Crippen molar-refractivity contribution >= 4 is 18.2 Å². The van der Waals surface area contributed by atoms with E-state index in [1.807, 2.05) is 57.4 Å². The molecule has 8 heteroatoms. The van der Waals surface area contributed by atoms with Crippen molar-refractivity contribution in [2.24, 2.45) is 15.4 Å². The van der Waals surface area contributed by atoms with Crippen LogP contribution in [0.5, 0.6) is 5.75 Å². The number of hydrogen-bond acceptors (Lipinski definition) is 8. The second-order valence-corrected chi connectivity index (χ2v) is 11.9. The average molecular weight is 531 g/mol. The second kappa shape index (κ2) is 10.5. The largest absolute Gasteiger partial charge is 0.474 e. The van der Waals surface area contributed by atoms with Gasteiger partial charge in [0.2, 0.25) is 5.90 Å². The van der Waals surface area contributed by atoms with Crippen molar-refractivity contribution in [3.05, 3.63) is 77.6 Å². The molecular weight excluding hydrogens is 492 g/mol. The number of carbonyl (C=O) groups excluding carboxylic acids is 1. The van der Waals surface area contributed by atoms with Crippen molar-refractivity contribution in [2.75, 3.05) is 0 Å². The summed E-state index contributed by atoms with van der Waals surface area (Å²) in [7, 11) is 0. The zero-order valence-corrected chi connectivity index (χ0v) is 23.5. The summed E-state index contributed by atoms with van der Waals surface area (Å²) < 4.78 is 17.7. The first kappa shape index (κ1) is 26.9. The van der Waals surface area contributed by atoms with E-state index >= 15 is 0 Å². The number of benzene rings is 2. The van der Waals surface area contributed by atoms with Crippen LogP contribution >= 0.6 is 0 Å². The third kappa shape index (κ3) is 6.01. The molecule has 5 rings (SSSR count). The smallest absolute Gasteiger partial charge is 0.316 e. The Bertz CT molecular complexity index is 1280. The van der Waals surface area contributed by atoms with Crippen molar-refractivity contribution < 1.29 is 19.0 Å². The fourth-order valence-corrected chi connectivity index (χ4v) is 4.87. The van der Waals surface area contributed by atoms with Gasteiger partial charge in [-0.2, -0.15) is 4.99 Å². The van der Waals surface area contributed by atoms with E-state index in [0.29, 0.717) is 18.3 Å². The number of esters is 1. The minimum atomic E-state index is -0.564. The van der Waals surface area contributed by atoms with Crippen LogP contribution in [0.3, 0.4) is 0 Å². The fraction of sp³-hybridized carbons (Fsp3) is 0.452. The molecule has 1 saturated heterocycles. The molecule has 8 nitrogen and oxygen atoms in total. The van der Waals surface area contributed by atoms with Crippen LogP contribution in [0, 0.1) is 5.41 Å². The first-order valence-corrected chi connectivity index (χ1v) is 13.6. The van der Waals surface area contributed by atoms with Crippen molar-refractivity contribution in [3.63, 3.8) is 0 Å². The molecule has 3 aliphatic heterocycles. The molecule has 4 unspecified atom stereocenters. The van der Waals surface area contributed by atoms with Gasteiger partial charge in [-0.3, -0.25) is 9.79 Å². The van der Waals surface area contributed by atoms with Gasteiger partial charge in [0.15, 0.2) is 12.3 Å². The lowest BCUT2D eigenvalue weighted by atomic mass is 9.88. The molecular formula is C31H38N4O4. The third-order valence-electron chi connectivity index (χ3n) is 7.19. The van der Waals surface area contributed by atoms with Gasteiger partial charge in [-0.15, -0.1) is 0 Å². The summed E-state index contributed by atoms with van der Waals surface area (Å²) in [5.74, 6) is 1.53. The molecule has 0 saturated carbocycles. The van der Waals surface area contributed by atoms with Crippen LogP contribution in [0.4, 0.5) is 0 Å². The highest BCUT2D eigenvalue weighted by Crippen LogP contribution is 2.36. The Morgan fingerprint density at radius 1 is 1.10 bits per heavy atom. The van der Waals surface area contributed by atoms with E-state index in [1.54, 1.807) is 12.1 Å². The van der Waals surface area contributed by atoms with Crippen LogP contribution < -0.4 is 10.1 Å². The lowest BCUT2D eigenvalue weighted by molar-refractivity contribution is -0.143. The number of nitrogens with one attached hydrogen (secondary N) is 1. The molecule has 0 radical (unpaired) electrons. The van der Waals surface area contributed by atoms with Gasteiger partial charge in [-0.25, -0.2) is 0 Å².